The summed E-state index contributed by atoms with van der Waals surface area (Å²) in [6.45, 7) is 14.3. The van der Waals surface area contributed by atoms with Crippen LogP contribution in [0.4, 0.5) is 0 Å². The SMILES string of the molecule is CCC(C)CCCCCCCCCCCCCCCCCCCCC(=O)O[C@H](COC(=O)CCCCCCCCC(C)CC)COP(=O)(O)OC[C@H](O)COP(=O)(O)OC[C@@H](COC(=O)CCCCCCCCC(C)CC)OC(=O)CCCCCCCCCCCCCCCCCCCCC(C)C. The molecule has 0 heterocycles. The van der Waals surface area contributed by atoms with Gasteiger partial charge in [0, 0.05) is 25.7 Å². The number of aliphatic hydroxyl groups excluding tert-OH is 1. The number of carbonyl (C=O) groups excluding carboxylic acids is 4. The van der Waals surface area contributed by atoms with Gasteiger partial charge in [-0.1, -0.05) is 383 Å². The quantitative estimate of drug-likeness (QED) is 0.0222. The Morgan fingerprint density at radius 3 is 0.689 bits per heavy atom. The normalized spacial score (nSPS) is 14.8. The molecule has 0 radical (unpaired) electrons. The van der Waals surface area contributed by atoms with Gasteiger partial charge in [0.05, 0.1) is 26.4 Å². The van der Waals surface area contributed by atoms with E-state index in [9.17, 15) is 43.2 Å². The first-order chi connectivity index (χ1) is 49.7. The number of phosphoric acid groups is 2. The van der Waals surface area contributed by atoms with Crippen LogP contribution < -0.4 is 0 Å². The van der Waals surface area contributed by atoms with Crippen molar-refractivity contribution in [3.63, 3.8) is 0 Å². The van der Waals surface area contributed by atoms with Crippen LogP contribution in [0.15, 0.2) is 0 Å². The molecule has 612 valence electrons. The van der Waals surface area contributed by atoms with Crippen molar-refractivity contribution in [1.29, 1.82) is 0 Å². The van der Waals surface area contributed by atoms with Gasteiger partial charge >= 0.3 is 39.5 Å². The molecule has 0 spiro atoms. The first kappa shape index (κ1) is 101. The molecule has 0 aliphatic carbocycles. The fourth-order valence-corrected chi connectivity index (χ4v) is 14.4. The topological polar surface area (TPSA) is 237 Å². The highest BCUT2D eigenvalue weighted by Gasteiger charge is 2.30. The van der Waals surface area contributed by atoms with Crippen LogP contribution in [0.2, 0.25) is 0 Å². The van der Waals surface area contributed by atoms with Gasteiger partial charge in [0.15, 0.2) is 12.2 Å². The zero-order valence-electron chi connectivity index (χ0n) is 68.0. The van der Waals surface area contributed by atoms with E-state index in [0.29, 0.717) is 25.7 Å². The lowest BCUT2D eigenvalue weighted by Crippen LogP contribution is -2.30. The van der Waals surface area contributed by atoms with Gasteiger partial charge < -0.3 is 33.8 Å². The molecule has 5 unspecified atom stereocenters. The maximum absolute atomic E-state index is 13.1. The average Bonchev–Trinajstić information content (AvgIpc) is 0.941. The lowest BCUT2D eigenvalue weighted by atomic mass is 9.99. The largest absolute Gasteiger partial charge is 0.472 e. The molecule has 103 heavy (non-hydrogen) atoms. The highest BCUT2D eigenvalue weighted by atomic mass is 31.2. The first-order valence-electron chi connectivity index (χ1n) is 43.3. The summed E-state index contributed by atoms with van der Waals surface area (Å²) in [6, 6.07) is 0. The molecule has 0 amide bonds. The summed E-state index contributed by atoms with van der Waals surface area (Å²) >= 11 is 0. The summed E-state index contributed by atoms with van der Waals surface area (Å²) in [5.41, 5.74) is 0. The van der Waals surface area contributed by atoms with E-state index in [4.69, 9.17) is 37.0 Å². The van der Waals surface area contributed by atoms with E-state index < -0.39 is 97.5 Å². The lowest BCUT2D eigenvalue weighted by Gasteiger charge is -2.21. The molecule has 0 aliphatic rings. The summed E-state index contributed by atoms with van der Waals surface area (Å²) in [5.74, 6) is 1.04. The molecule has 0 aromatic carbocycles. The van der Waals surface area contributed by atoms with Crippen LogP contribution in [0.3, 0.4) is 0 Å². The molecule has 0 fully saturated rings. The van der Waals surface area contributed by atoms with E-state index >= 15 is 0 Å². The van der Waals surface area contributed by atoms with Gasteiger partial charge in [-0.2, -0.15) is 0 Å². The second-order valence-corrected chi connectivity index (χ2v) is 34.3. The standard InChI is InChI=1S/C84H164O17P2/c1-9-75(6)61-53-45-37-33-29-25-21-17-13-15-19-23-27-31-35-39-51-59-67-84(89)101-80(71-95-82(87)65-57-49-43-41-47-55-63-77(8)11-3)73-99-103(92,93)97-69-78(85)68-96-102(90,91)98-72-79(70-94-81(86)64-56-48-42-40-46-54-62-76(7)10-2)100-83(88)66-58-50-38-34-30-26-22-18-14-12-16-20-24-28-32-36-44-52-60-74(4)5/h74-80,85H,9-73H2,1-8H3,(H,90,91)(H,92,93)/t75?,76?,77?,78-,79-,80-/m1/s1. The Morgan fingerprint density at radius 1 is 0.272 bits per heavy atom. The van der Waals surface area contributed by atoms with Crippen LogP contribution in [0.25, 0.3) is 0 Å². The van der Waals surface area contributed by atoms with E-state index in [1.807, 2.05) is 0 Å². The highest BCUT2D eigenvalue weighted by Crippen LogP contribution is 2.45. The number of carbonyl (C=O) groups is 4. The Kier molecular flexibility index (Phi) is 71.5. The smallest absolute Gasteiger partial charge is 0.462 e. The van der Waals surface area contributed by atoms with Crippen molar-refractivity contribution < 1.29 is 80.2 Å². The number of hydrogen-bond acceptors (Lipinski definition) is 15. The minimum atomic E-state index is -4.96. The number of esters is 4. The minimum absolute atomic E-state index is 0.107. The molecule has 19 heteroatoms. The number of ether oxygens (including phenoxy) is 4. The Hall–Kier alpha value is -1.94. The van der Waals surface area contributed by atoms with Gasteiger partial charge in [0.25, 0.3) is 0 Å². The third kappa shape index (κ3) is 74.0. The molecule has 8 atom stereocenters. The number of phosphoric ester groups is 2. The van der Waals surface area contributed by atoms with Crippen molar-refractivity contribution in [2.45, 2.75) is 453 Å². The summed E-state index contributed by atoms with van der Waals surface area (Å²) < 4.78 is 68.7. The van der Waals surface area contributed by atoms with Crippen LogP contribution in [0, 0.1) is 23.7 Å². The summed E-state index contributed by atoms with van der Waals surface area (Å²) in [7, 11) is -9.92. The predicted octanol–water partition coefficient (Wildman–Crippen LogP) is 25.2. The maximum Gasteiger partial charge on any atom is 0.472 e. The Morgan fingerprint density at radius 2 is 0.466 bits per heavy atom. The van der Waals surface area contributed by atoms with Crippen molar-refractivity contribution >= 4 is 39.5 Å². The van der Waals surface area contributed by atoms with Crippen molar-refractivity contribution in [3.8, 4) is 0 Å². The number of unbranched alkanes of at least 4 members (excludes halogenated alkanes) is 44. The summed E-state index contributed by atoms with van der Waals surface area (Å²) in [4.78, 5) is 73.0. The summed E-state index contributed by atoms with van der Waals surface area (Å²) in [5, 5.41) is 10.6. The predicted molar refractivity (Wildman–Crippen MR) is 423 cm³/mol. The molecule has 3 N–H and O–H groups in total. The number of rotatable bonds is 81. The van der Waals surface area contributed by atoms with Gasteiger partial charge in [-0.3, -0.25) is 37.3 Å². The van der Waals surface area contributed by atoms with Crippen molar-refractivity contribution in [3.05, 3.63) is 0 Å². The fourth-order valence-electron chi connectivity index (χ4n) is 12.9. The molecule has 0 bridgehead atoms. The minimum Gasteiger partial charge on any atom is -0.462 e. The van der Waals surface area contributed by atoms with Gasteiger partial charge in [-0.25, -0.2) is 9.13 Å². The van der Waals surface area contributed by atoms with Gasteiger partial charge in [-0.05, 0) is 49.4 Å². The van der Waals surface area contributed by atoms with Crippen molar-refractivity contribution in [1.82, 2.24) is 0 Å². The zero-order chi connectivity index (χ0) is 76.0. The van der Waals surface area contributed by atoms with E-state index in [-0.39, 0.29) is 25.7 Å². The third-order valence-electron chi connectivity index (χ3n) is 20.7. The van der Waals surface area contributed by atoms with Gasteiger partial charge in [-0.15, -0.1) is 0 Å². The average molecular weight is 1510 g/mol. The molecule has 0 aromatic rings. The fraction of sp³-hybridized carbons (Fsp3) is 0.952. The second kappa shape index (κ2) is 72.9. The van der Waals surface area contributed by atoms with Crippen molar-refractivity contribution in [2.75, 3.05) is 39.6 Å². The van der Waals surface area contributed by atoms with E-state index in [1.165, 1.54) is 225 Å². The van der Waals surface area contributed by atoms with Crippen LogP contribution in [-0.2, 0) is 65.4 Å². The van der Waals surface area contributed by atoms with Crippen molar-refractivity contribution in [2.24, 2.45) is 23.7 Å². The molecular formula is C84H164O17P2. The van der Waals surface area contributed by atoms with Gasteiger partial charge in [0.1, 0.15) is 19.3 Å². The van der Waals surface area contributed by atoms with Crippen LogP contribution >= 0.6 is 15.6 Å². The zero-order valence-corrected chi connectivity index (χ0v) is 69.7. The van der Waals surface area contributed by atoms with Crippen LogP contribution in [0.1, 0.15) is 434 Å². The number of aliphatic hydroxyl groups is 1. The Balaban J connectivity index is 5.14. The lowest BCUT2D eigenvalue weighted by molar-refractivity contribution is -0.161. The molecule has 0 saturated carbocycles. The van der Waals surface area contributed by atoms with E-state index in [0.717, 1.165) is 126 Å². The molecule has 0 aliphatic heterocycles. The maximum atomic E-state index is 13.1. The summed E-state index contributed by atoms with van der Waals surface area (Å²) in [6.07, 6.45) is 61.3. The van der Waals surface area contributed by atoms with Gasteiger partial charge in [0.2, 0.25) is 0 Å². The Labute approximate surface area is 632 Å². The highest BCUT2D eigenvalue weighted by molar-refractivity contribution is 7.47. The molecule has 0 rings (SSSR count). The number of hydrogen-bond donors (Lipinski definition) is 3. The molecule has 0 saturated heterocycles. The second-order valence-electron chi connectivity index (χ2n) is 31.4. The molecule has 17 nitrogen and oxygen atoms in total. The van der Waals surface area contributed by atoms with E-state index in [2.05, 4.69) is 55.4 Å². The molecule has 0 aromatic heterocycles. The third-order valence-corrected chi connectivity index (χ3v) is 22.6. The molecular weight excluding hydrogens is 1340 g/mol. The monoisotopic (exact) mass is 1510 g/mol. The van der Waals surface area contributed by atoms with Crippen LogP contribution in [0.5, 0.6) is 0 Å². The first-order valence-corrected chi connectivity index (χ1v) is 46.3. The van der Waals surface area contributed by atoms with E-state index in [1.54, 1.807) is 0 Å². The van der Waals surface area contributed by atoms with Crippen LogP contribution in [-0.4, -0.2) is 96.7 Å². The Bertz CT molecular complexity index is 2010.